The second-order valence-electron chi connectivity index (χ2n) is 5.33. The highest BCUT2D eigenvalue weighted by atomic mass is 32.2. The van der Waals surface area contributed by atoms with Crippen molar-refractivity contribution in [1.82, 2.24) is 19.4 Å². The Morgan fingerprint density at radius 2 is 1.95 bits per heavy atom. The van der Waals surface area contributed by atoms with Gasteiger partial charge in [0.1, 0.15) is 10.0 Å². The summed E-state index contributed by atoms with van der Waals surface area (Å²) in [5, 5.41) is 6.05. The fourth-order valence-electron chi connectivity index (χ4n) is 2.29. The lowest BCUT2D eigenvalue weighted by molar-refractivity contribution is 0.220. The Labute approximate surface area is 144 Å². The van der Waals surface area contributed by atoms with E-state index < -0.39 is 0 Å². The number of aromatic nitrogens is 2. The van der Waals surface area contributed by atoms with E-state index in [1.54, 1.807) is 11.8 Å². The van der Waals surface area contributed by atoms with Gasteiger partial charge in [-0.2, -0.15) is 0 Å². The predicted molar refractivity (Wildman–Crippen MR) is 98.3 cm³/mol. The highest BCUT2D eigenvalue weighted by molar-refractivity contribution is 8.22. The molecule has 0 bridgehead atoms. The van der Waals surface area contributed by atoms with Gasteiger partial charge in [0, 0.05) is 42.9 Å². The summed E-state index contributed by atoms with van der Waals surface area (Å²) in [6, 6.07) is 8.50. The minimum atomic E-state index is 0.917. The van der Waals surface area contributed by atoms with Gasteiger partial charge in [-0.1, -0.05) is 52.7 Å². The van der Waals surface area contributed by atoms with E-state index in [-0.39, 0.29) is 0 Å². The van der Waals surface area contributed by atoms with Gasteiger partial charge in [0.25, 0.3) is 0 Å². The standard InChI is InChI=1S/C15H18N4S3/c1-18-6-8-19(9-7-18)15(20)21-10-12-2-4-13(5-3-12)14-11-22-17-16-14/h2-5,11H,6-10H2,1H3. The lowest BCUT2D eigenvalue weighted by Crippen LogP contribution is -2.45. The molecule has 22 heavy (non-hydrogen) atoms. The lowest BCUT2D eigenvalue weighted by atomic mass is 10.1. The fraction of sp³-hybridized carbons (Fsp3) is 0.400. The Kier molecular flexibility index (Phi) is 5.41. The van der Waals surface area contributed by atoms with Gasteiger partial charge < -0.3 is 9.80 Å². The normalized spacial score (nSPS) is 16.0. The number of hydrogen-bond donors (Lipinski definition) is 0. The second kappa shape index (κ2) is 7.50. The highest BCUT2D eigenvalue weighted by Crippen LogP contribution is 2.22. The Morgan fingerprint density at radius 1 is 1.23 bits per heavy atom. The first-order chi connectivity index (χ1) is 10.7. The molecule has 2 aromatic rings. The third-order valence-corrected chi connectivity index (χ3v) is 5.83. The number of thiocarbonyl (C=S) groups is 1. The van der Waals surface area contributed by atoms with Crippen LogP contribution in [0, 0.1) is 0 Å². The van der Waals surface area contributed by atoms with Crippen LogP contribution in [0.5, 0.6) is 0 Å². The average Bonchev–Trinajstić information content (AvgIpc) is 3.08. The number of piperazine rings is 1. The molecule has 4 nitrogen and oxygen atoms in total. The molecule has 7 heteroatoms. The van der Waals surface area contributed by atoms with Crippen LogP contribution in [0.2, 0.25) is 0 Å². The van der Waals surface area contributed by atoms with Crippen molar-refractivity contribution in [3.63, 3.8) is 0 Å². The molecule has 1 aromatic carbocycles. The van der Waals surface area contributed by atoms with Crippen LogP contribution in [0.3, 0.4) is 0 Å². The molecular weight excluding hydrogens is 332 g/mol. The van der Waals surface area contributed by atoms with E-state index in [1.807, 2.05) is 5.38 Å². The summed E-state index contributed by atoms with van der Waals surface area (Å²) in [5.41, 5.74) is 3.34. The van der Waals surface area contributed by atoms with E-state index >= 15 is 0 Å². The molecule has 1 fully saturated rings. The summed E-state index contributed by atoms with van der Waals surface area (Å²) in [6.45, 7) is 4.27. The molecule has 0 amide bonds. The summed E-state index contributed by atoms with van der Waals surface area (Å²) in [6.07, 6.45) is 0. The zero-order valence-corrected chi connectivity index (χ0v) is 14.9. The van der Waals surface area contributed by atoms with Crippen LogP contribution in [0.1, 0.15) is 5.56 Å². The monoisotopic (exact) mass is 350 g/mol. The maximum Gasteiger partial charge on any atom is 0.136 e. The maximum absolute atomic E-state index is 5.56. The number of likely N-dealkylation sites (N-methyl/N-ethyl adjacent to an activating group) is 1. The minimum Gasteiger partial charge on any atom is -0.355 e. The van der Waals surface area contributed by atoms with Crippen LogP contribution >= 0.6 is 35.5 Å². The summed E-state index contributed by atoms with van der Waals surface area (Å²) < 4.78 is 4.91. The second-order valence-corrected chi connectivity index (χ2v) is 7.55. The van der Waals surface area contributed by atoms with Crippen LogP contribution in [-0.4, -0.2) is 56.9 Å². The Bertz CT molecular complexity index is 604. The molecular formula is C15H18N4S3. The summed E-state index contributed by atoms with van der Waals surface area (Å²) in [7, 11) is 2.16. The molecule has 1 aliphatic rings. The zero-order valence-electron chi connectivity index (χ0n) is 12.4. The number of thioether (sulfide) groups is 1. The predicted octanol–water partition coefficient (Wildman–Crippen LogP) is 2.97. The van der Waals surface area contributed by atoms with Crippen LogP contribution in [0.25, 0.3) is 11.3 Å². The zero-order chi connectivity index (χ0) is 15.4. The van der Waals surface area contributed by atoms with Crippen molar-refractivity contribution in [1.29, 1.82) is 0 Å². The van der Waals surface area contributed by atoms with E-state index in [4.69, 9.17) is 12.2 Å². The summed E-state index contributed by atoms with van der Waals surface area (Å²) in [5.74, 6) is 0.917. The SMILES string of the molecule is CN1CCN(C(=S)SCc2ccc(-c3csnn3)cc2)CC1. The van der Waals surface area contributed by atoms with E-state index in [1.165, 1.54) is 17.1 Å². The number of nitrogens with zero attached hydrogens (tertiary/aromatic N) is 4. The van der Waals surface area contributed by atoms with Gasteiger partial charge in [-0.25, -0.2) is 0 Å². The lowest BCUT2D eigenvalue weighted by Gasteiger charge is -2.33. The molecule has 0 atom stereocenters. The topological polar surface area (TPSA) is 32.3 Å². The molecule has 0 radical (unpaired) electrons. The van der Waals surface area contributed by atoms with Crippen LogP contribution in [0.4, 0.5) is 0 Å². The van der Waals surface area contributed by atoms with Gasteiger partial charge in [0.2, 0.25) is 0 Å². The molecule has 0 aliphatic carbocycles. The van der Waals surface area contributed by atoms with E-state index in [9.17, 15) is 0 Å². The van der Waals surface area contributed by atoms with E-state index in [2.05, 4.69) is 50.7 Å². The largest absolute Gasteiger partial charge is 0.355 e. The molecule has 0 spiro atoms. The van der Waals surface area contributed by atoms with E-state index in [0.29, 0.717) is 0 Å². The van der Waals surface area contributed by atoms with Crippen LogP contribution < -0.4 is 0 Å². The summed E-state index contributed by atoms with van der Waals surface area (Å²) >= 11 is 8.69. The molecule has 1 saturated heterocycles. The van der Waals surface area contributed by atoms with Crippen molar-refractivity contribution in [2.24, 2.45) is 0 Å². The molecule has 3 rings (SSSR count). The summed E-state index contributed by atoms with van der Waals surface area (Å²) in [4.78, 5) is 4.66. The smallest absolute Gasteiger partial charge is 0.136 e. The van der Waals surface area contributed by atoms with Gasteiger partial charge in [0.05, 0.1) is 0 Å². The molecule has 116 valence electrons. The number of rotatable bonds is 3. The Balaban J connectivity index is 1.52. The van der Waals surface area contributed by atoms with Gasteiger partial charge >= 0.3 is 0 Å². The first kappa shape index (κ1) is 15.9. The molecule has 1 aromatic heterocycles. The van der Waals surface area contributed by atoms with E-state index in [0.717, 1.165) is 47.5 Å². The molecule has 0 N–H and O–H groups in total. The third-order valence-electron chi connectivity index (χ3n) is 3.73. The fourth-order valence-corrected chi connectivity index (χ4v) is 3.96. The minimum absolute atomic E-state index is 0.917. The van der Waals surface area contributed by atoms with Gasteiger partial charge in [-0.15, -0.1) is 5.10 Å². The third kappa shape index (κ3) is 4.04. The molecule has 1 aliphatic heterocycles. The average molecular weight is 351 g/mol. The molecule has 2 heterocycles. The Morgan fingerprint density at radius 3 is 2.59 bits per heavy atom. The molecule has 0 unspecified atom stereocenters. The number of hydrogen-bond acceptors (Lipinski definition) is 6. The van der Waals surface area contributed by atoms with Crippen molar-refractivity contribution >= 4 is 39.8 Å². The van der Waals surface area contributed by atoms with Gasteiger partial charge in [-0.3, -0.25) is 0 Å². The Hall–Kier alpha value is -1.02. The van der Waals surface area contributed by atoms with Crippen molar-refractivity contribution in [3.8, 4) is 11.3 Å². The quantitative estimate of drug-likeness (QED) is 0.792. The van der Waals surface area contributed by atoms with Crippen molar-refractivity contribution in [3.05, 3.63) is 35.2 Å². The van der Waals surface area contributed by atoms with Gasteiger partial charge in [0.15, 0.2) is 0 Å². The van der Waals surface area contributed by atoms with Crippen molar-refractivity contribution in [2.75, 3.05) is 33.2 Å². The van der Waals surface area contributed by atoms with Crippen molar-refractivity contribution < 1.29 is 0 Å². The molecule has 0 saturated carbocycles. The van der Waals surface area contributed by atoms with Crippen LogP contribution in [-0.2, 0) is 5.75 Å². The number of benzene rings is 1. The van der Waals surface area contributed by atoms with Crippen molar-refractivity contribution in [2.45, 2.75) is 5.75 Å². The maximum atomic E-state index is 5.56. The highest BCUT2D eigenvalue weighted by Gasteiger charge is 2.16. The first-order valence-electron chi connectivity index (χ1n) is 7.19. The van der Waals surface area contributed by atoms with Gasteiger partial charge in [-0.05, 0) is 24.1 Å². The van der Waals surface area contributed by atoms with Crippen LogP contribution in [0.15, 0.2) is 29.6 Å². The first-order valence-corrected chi connectivity index (χ1v) is 9.42.